The van der Waals surface area contributed by atoms with E-state index >= 15 is 0 Å². The monoisotopic (exact) mass is 1500 g/mol. The molecule has 14 unspecified atom stereocenters. The number of Topliss-reactive ketones (excluding diaryl/α,β-unsaturated/α-hetero) is 4. The normalized spacial score (nSPS) is 12.9. The number of rotatable bonds is 24. The Morgan fingerprint density at radius 2 is 0.758 bits per heavy atom. The van der Waals surface area contributed by atoms with Gasteiger partial charge in [-0.1, -0.05) is 49.5 Å². The third kappa shape index (κ3) is 135. The second kappa shape index (κ2) is 109. The summed E-state index contributed by atoms with van der Waals surface area (Å²) in [5, 5.41) is 277. The van der Waals surface area contributed by atoms with Crippen LogP contribution >= 0.6 is 0 Å². The molecule has 49 heteroatoms. The topological polar surface area (TPSA) is 1030 Å². The minimum absolute atomic E-state index is 0. The number of aldehydes is 4. The van der Waals surface area contributed by atoms with Crippen LogP contribution in [0.5, 0.6) is 0 Å². The van der Waals surface area contributed by atoms with E-state index in [1.165, 1.54) is 13.8 Å². The lowest BCUT2D eigenvalue weighted by Crippen LogP contribution is -2.46. The summed E-state index contributed by atoms with van der Waals surface area (Å²) in [6, 6.07) is 0. The minimum Gasteiger partial charge on any atom is -0.871 e. The molecule has 0 rings (SSSR count). The van der Waals surface area contributed by atoms with Gasteiger partial charge in [0.15, 0.2) is 54.0 Å². The Morgan fingerprint density at radius 1 is 0.485 bits per heavy atom. The Balaban J connectivity index is -0.0000000272. The molecule has 99 heavy (non-hydrogen) atoms. The summed E-state index contributed by atoms with van der Waals surface area (Å²) in [6.45, 7) is 3.21. The lowest BCUT2D eigenvalue weighted by molar-refractivity contribution is -0.461. The summed E-state index contributed by atoms with van der Waals surface area (Å²) >= 11 is 0. The van der Waals surface area contributed by atoms with Crippen LogP contribution in [0, 0.1) is 0 Å². The highest BCUT2D eigenvalue weighted by molar-refractivity contribution is 6.23. The zero-order chi connectivity index (χ0) is 73.3. The van der Waals surface area contributed by atoms with Crippen molar-refractivity contribution in [3.63, 3.8) is 0 Å². The van der Waals surface area contributed by atoms with Crippen molar-refractivity contribution in [2.45, 2.75) is 157 Å². The molecule has 0 heterocycles. The molecule has 0 aliphatic carbocycles. The molecule has 14 atom stereocenters. The van der Waals surface area contributed by atoms with Crippen molar-refractivity contribution in [3.05, 3.63) is 48.1 Å². The van der Waals surface area contributed by atoms with Crippen molar-refractivity contribution in [1.29, 1.82) is 0 Å². The van der Waals surface area contributed by atoms with Crippen molar-refractivity contribution in [2.24, 2.45) is 0 Å². The fourth-order valence-electron chi connectivity index (χ4n) is 1.92. The molecule has 616 valence electrons. The van der Waals surface area contributed by atoms with E-state index in [0.717, 1.165) is 20.8 Å². The highest BCUT2D eigenvalue weighted by atomic mass is 16.5. The minimum atomic E-state index is -2.04. The molecule has 0 saturated heterocycles. The first-order chi connectivity index (χ1) is 40.2. The molecule has 0 aliphatic heterocycles. The highest BCUT2D eigenvalue weighted by Gasteiger charge is 2.30. The van der Waals surface area contributed by atoms with Crippen LogP contribution < -0.4 is 15.3 Å². The first-order valence-electron chi connectivity index (χ1n) is 22.7. The number of ketones is 4. The van der Waals surface area contributed by atoms with Crippen LogP contribution in [-0.4, -0.2) is 379 Å². The van der Waals surface area contributed by atoms with Crippen LogP contribution in [0.4, 0.5) is 0 Å². The van der Waals surface area contributed by atoms with Crippen molar-refractivity contribution < 1.29 is 252 Å². The predicted molar refractivity (Wildman–Crippen MR) is 333 cm³/mol. The van der Waals surface area contributed by atoms with Crippen molar-refractivity contribution >= 4 is 60.2 Å². The maximum Gasteiger partial charge on any atom is 0.332 e. The number of carbonyl (C=O) groups is 10. The van der Waals surface area contributed by atoms with Gasteiger partial charge in [-0.3, -0.25) is 28.8 Å². The molecule has 0 radical (unpaired) electrons. The molecule has 0 spiro atoms. The average molecular weight is 1500 g/mol. The van der Waals surface area contributed by atoms with E-state index in [1.807, 2.05) is 0 Å². The predicted octanol–water partition coefficient (Wildman–Crippen LogP) is -15.6. The van der Waals surface area contributed by atoms with Gasteiger partial charge in [-0.15, -0.1) is 0 Å². The molecule has 0 aliphatic rings. The van der Waals surface area contributed by atoms with Crippen LogP contribution in [0.2, 0.25) is 0 Å². The van der Waals surface area contributed by atoms with E-state index in [4.69, 9.17) is 163 Å². The van der Waals surface area contributed by atoms with Crippen LogP contribution in [-0.2, 0) is 53.4 Å². The van der Waals surface area contributed by atoms with E-state index in [9.17, 15) is 53.7 Å². The van der Waals surface area contributed by atoms with E-state index in [2.05, 4.69) is 6.58 Å². The summed E-state index contributed by atoms with van der Waals surface area (Å²) in [5.74, 6) is -8.91. The van der Waals surface area contributed by atoms with Gasteiger partial charge in [0.05, 0.1) is 38.5 Å². The molecule has 40 N–H and O–H groups in total. The zero-order valence-corrected chi connectivity index (χ0v) is 50.1. The Hall–Kier alpha value is -7.50. The molecule has 0 saturated carbocycles. The number of carboxylic acid groups (broad SMARTS) is 2. The average Bonchev–Trinajstić information content (AvgIpc) is 1.22. The first kappa shape index (κ1) is 160. The summed E-state index contributed by atoms with van der Waals surface area (Å²) in [7, 11) is 0. The first-order valence-corrected chi connectivity index (χ1v) is 22.7. The van der Waals surface area contributed by atoms with Crippen LogP contribution in [0.1, 0.15) is 74.6 Å². The standard InChI is InChI=1S/3C6H12O6.6C3H6O3.C3H5O3.2C3H4O2.5CH4.6H2O.2H2/c3*7-1-3(9)5(11)6(12)4(10)2-8;3*4-1-3(6)2-5;4*1-2(4)3(5)6;2*1-3(5)2-4;;;;;;;;;;;;;/h3,5-9,11-12H,1-2H2;1,4-12H,2H2;1,3-6,8-12H,2H2;4-5H,1-2H2;1,4-6H,2H2;1,3,5-6H,2H2;4-6H,1H3;2*2,4H,1H3,(H,5,6);3,5H,1H3;2H,1H3;2,5H,1H2;5*1H4;6*1H2;2*1H/q;;;;;;;;;-1;;;;;;;;;;;;;;;/p-4/b;3-1-;;;3-1-;;;;;;;;;;;;;;;;;;;;. The van der Waals surface area contributed by atoms with Gasteiger partial charge in [0, 0.05) is 16.1 Å². The second-order valence-electron chi connectivity index (χ2n) is 14.6. The number of aliphatic carboxylic acids is 2. The lowest BCUT2D eigenvalue weighted by atomic mass is 10.0. The quantitative estimate of drug-likeness (QED) is 0.0107. The molecule has 0 bridgehead atoms. The van der Waals surface area contributed by atoms with Crippen molar-refractivity contribution in [3.8, 4) is 0 Å². The van der Waals surface area contributed by atoms with Crippen LogP contribution in [0.15, 0.2) is 48.1 Å². The second-order valence-corrected chi connectivity index (χ2v) is 14.6. The molecular formula is C50H117O49-5. The van der Waals surface area contributed by atoms with Crippen LogP contribution in [0.25, 0.3) is 0 Å². The third-order valence-corrected chi connectivity index (χ3v) is 6.82. The van der Waals surface area contributed by atoms with Gasteiger partial charge in [0.25, 0.3) is 5.95 Å². The Labute approximate surface area is 570 Å². The maximum atomic E-state index is 10.5. The number of carbonyl (C=O) groups excluding carboxylic acids is 9. The smallest absolute Gasteiger partial charge is 0.332 e. The van der Waals surface area contributed by atoms with Gasteiger partial charge in [-0.05, 0) is 27.7 Å². The largest absolute Gasteiger partial charge is 0.871 e. The Kier molecular flexibility index (Phi) is 176. The summed E-state index contributed by atoms with van der Waals surface area (Å²) in [5.41, 5.74) is 0. The fourth-order valence-corrected chi connectivity index (χ4v) is 1.92. The van der Waals surface area contributed by atoms with Gasteiger partial charge < -0.3 is 216 Å². The number of carboxylic acids is 2. The maximum absolute atomic E-state index is 10.5. The molecule has 0 aromatic heterocycles. The number of aliphatic hydroxyl groups excluding tert-OH is 28. The Bertz CT molecular complexity index is 1810. The van der Waals surface area contributed by atoms with Crippen LogP contribution in [0.3, 0.4) is 0 Å². The van der Waals surface area contributed by atoms with Gasteiger partial charge in [0.1, 0.15) is 124 Å². The third-order valence-electron chi connectivity index (χ3n) is 6.82. The summed E-state index contributed by atoms with van der Waals surface area (Å²) < 4.78 is 0. The van der Waals surface area contributed by atoms with Gasteiger partial charge >= 0.3 is 5.97 Å². The SMILES string of the molecule is C.C.C.C.C.C=C(O)C=O.CC(=O)C([O-])O.CC(=O)C=O.CC(O)C(=O)O.CC(O)C(=O)[O-].CC([O-])=C(O)O.O.O.O/C=C(\O)C(O)C(O)C(O)CO.O/C=C(\O)CO.O=C(CO)C(O)C(O)C(O)CO.O=C(CO)CO.O=CC(O)C(O)C(O)C(O)CO.O=CC(O)CO.[HH].[HH].[OH-].[OH-].[OH-].[OH3+]. The highest BCUT2D eigenvalue weighted by Crippen LogP contribution is 2.07. The number of hydrogen-bond acceptors (Lipinski definition) is 45. The molecular weight excluding hydrogens is 1380 g/mol. The molecule has 0 aromatic carbocycles. The van der Waals surface area contributed by atoms with E-state index < -0.39 is 203 Å². The van der Waals surface area contributed by atoms with E-state index in [1.54, 1.807) is 0 Å². The molecule has 49 nitrogen and oxygen atoms in total. The number of hydrogen-bond donors (Lipinski definition) is 30. The summed E-state index contributed by atoms with van der Waals surface area (Å²) in [4.78, 5) is 95.5. The van der Waals surface area contributed by atoms with Crippen molar-refractivity contribution in [1.82, 2.24) is 0 Å². The van der Waals surface area contributed by atoms with Gasteiger partial charge in [-0.25, -0.2) is 4.79 Å². The van der Waals surface area contributed by atoms with Gasteiger partial charge in [-0.2, -0.15) is 0 Å². The molecule has 0 amide bonds. The molecule has 0 fully saturated rings. The fraction of sp³-hybridized carbons (Fsp3) is 0.640. The number of aliphatic hydroxyl groups is 29. The zero-order valence-electron chi connectivity index (χ0n) is 50.1. The van der Waals surface area contributed by atoms with E-state index in [-0.39, 0.29) is 104 Å². The number of allylic oxidation sites excluding steroid dienone is 2. The Morgan fingerprint density at radius 3 is 0.869 bits per heavy atom. The summed E-state index contributed by atoms with van der Waals surface area (Å²) in [6.07, 6.45) is -21.5. The lowest BCUT2D eigenvalue weighted by Gasteiger charge is -2.22. The van der Waals surface area contributed by atoms with Gasteiger partial charge in [0.2, 0.25) is 0 Å². The van der Waals surface area contributed by atoms with Crippen molar-refractivity contribution in [2.75, 3.05) is 52.9 Å². The molecule has 0 aromatic rings. The van der Waals surface area contributed by atoms with E-state index in [0.29, 0.717) is 6.26 Å².